The van der Waals surface area contributed by atoms with Crippen molar-refractivity contribution in [1.29, 1.82) is 0 Å². The molecule has 3 rings (SSSR count). The van der Waals surface area contributed by atoms with E-state index in [0.29, 0.717) is 11.5 Å². The summed E-state index contributed by atoms with van der Waals surface area (Å²) in [7, 11) is 6.64. The summed E-state index contributed by atoms with van der Waals surface area (Å²) in [4.78, 5) is 0. The van der Waals surface area contributed by atoms with Crippen LogP contribution in [0.5, 0.6) is 23.0 Å². The molecule has 25 heavy (non-hydrogen) atoms. The zero-order chi connectivity index (χ0) is 17.8. The smallest absolute Gasteiger partial charge is 0.203 e. The van der Waals surface area contributed by atoms with Gasteiger partial charge in [0.05, 0.1) is 28.4 Å². The Labute approximate surface area is 149 Å². The third kappa shape index (κ3) is 3.16. The highest BCUT2D eigenvalue weighted by molar-refractivity contribution is 5.87. The Morgan fingerprint density at radius 2 is 1.52 bits per heavy atom. The average molecular weight is 340 g/mol. The van der Waals surface area contributed by atoms with Gasteiger partial charge in [0.25, 0.3) is 0 Å². The first-order valence-corrected chi connectivity index (χ1v) is 8.40. The van der Waals surface area contributed by atoms with Gasteiger partial charge in [-0.05, 0) is 54.2 Å². The maximum Gasteiger partial charge on any atom is 0.203 e. The van der Waals surface area contributed by atoms with E-state index in [9.17, 15) is 0 Å². The lowest BCUT2D eigenvalue weighted by Gasteiger charge is -2.20. The molecule has 4 heteroatoms. The molecular weight excluding hydrogens is 316 g/mol. The predicted molar refractivity (Wildman–Crippen MR) is 99.1 cm³/mol. The summed E-state index contributed by atoms with van der Waals surface area (Å²) >= 11 is 0. The SMILES string of the molecule is COc1ccc(C2=CCCCc3cc(OC)c(OC)c(OC)c32)cc1. The van der Waals surface area contributed by atoms with Crippen LogP contribution in [0.25, 0.3) is 5.57 Å². The molecule has 0 amide bonds. The Morgan fingerprint density at radius 1 is 0.800 bits per heavy atom. The molecule has 4 nitrogen and oxygen atoms in total. The van der Waals surface area contributed by atoms with E-state index in [2.05, 4.69) is 24.3 Å². The molecule has 2 aromatic carbocycles. The maximum atomic E-state index is 5.76. The highest BCUT2D eigenvalue weighted by atomic mass is 16.5. The first-order valence-electron chi connectivity index (χ1n) is 8.40. The second-order valence-electron chi connectivity index (χ2n) is 5.92. The zero-order valence-electron chi connectivity index (χ0n) is 15.2. The fourth-order valence-electron chi connectivity index (χ4n) is 3.37. The first-order chi connectivity index (χ1) is 12.2. The minimum Gasteiger partial charge on any atom is -0.497 e. The normalized spacial score (nSPS) is 13.4. The van der Waals surface area contributed by atoms with Gasteiger partial charge in [0.1, 0.15) is 5.75 Å². The third-order valence-electron chi connectivity index (χ3n) is 4.58. The molecule has 0 saturated carbocycles. The lowest BCUT2D eigenvalue weighted by molar-refractivity contribution is 0.323. The molecule has 132 valence electrons. The molecule has 0 spiro atoms. The van der Waals surface area contributed by atoms with E-state index in [0.717, 1.165) is 47.5 Å². The van der Waals surface area contributed by atoms with Crippen LogP contribution in [0.15, 0.2) is 36.4 Å². The van der Waals surface area contributed by atoms with E-state index in [1.807, 2.05) is 12.1 Å². The van der Waals surface area contributed by atoms with Gasteiger partial charge in [0.15, 0.2) is 11.5 Å². The fraction of sp³-hybridized carbons (Fsp3) is 0.333. The minimum absolute atomic E-state index is 0.630. The van der Waals surface area contributed by atoms with E-state index in [4.69, 9.17) is 18.9 Å². The van der Waals surface area contributed by atoms with Gasteiger partial charge in [-0.2, -0.15) is 0 Å². The first kappa shape index (κ1) is 17.2. The molecule has 1 aliphatic carbocycles. The summed E-state index contributed by atoms with van der Waals surface area (Å²) in [6.07, 6.45) is 5.36. The number of hydrogen-bond acceptors (Lipinski definition) is 4. The van der Waals surface area contributed by atoms with Crippen molar-refractivity contribution in [1.82, 2.24) is 0 Å². The van der Waals surface area contributed by atoms with Crippen molar-refractivity contribution in [2.75, 3.05) is 28.4 Å². The van der Waals surface area contributed by atoms with Gasteiger partial charge in [-0.15, -0.1) is 0 Å². The van der Waals surface area contributed by atoms with Crippen LogP contribution in [-0.4, -0.2) is 28.4 Å². The molecule has 0 saturated heterocycles. The summed E-state index contributed by atoms with van der Waals surface area (Å²) in [5, 5.41) is 0. The predicted octanol–water partition coefficient (Wildman–Crippen LogP) is 4.49. The summed E-state index contributed by atoms with van der Waals surface area (Å²) in [6.45, 7) is 0. The van der Waals surface area contributed by atoms with E-state index < -0.39 is 0 Å². The third-order valence-corrected chi connectivity index (χ3v) is 4.58. The number of ether oxygens (including phenoxy) is 4. The Balaban J connectivity index is 2.22. The van der Waals surface area contributed by atoms with Crippen molar-refractivity contribution in [3.8, 4) is 23.0 Å². The van der Waals surface area contributed by atoms with Crippen molar-refractivity contribution in [2.24, 2.45) is 0 Å². The molecule has 1 aliphatic rings. The monoisotopic (exact) mass is 340 g/mol. The standard InChI is InChI=1S/C21H24O4/c1-22-16-11-9-14(10-12-16)17-8-6-5-7-15-13-18(23-2)20(24-3)21(25-4)19(15)17/h8-13H,5-7H2,1-4H3. The van der Waals surface area contributed by atoms with Crippen molar-refractivity contribution in [3.05, 3.63) is 53.1 Å². The van der Waals surface area contributed by atoms with Gasteiger partial charge in [0, 0.05) is 5.56 Å². The second kappa shape index (κ2) is 7.51. The average Bonchev–Trinajstić information content (AvgIpc) is 2.88. The van der Waals surface area contributed by atoms with Gasteiger partial charge in [0.2, 0.25) is 5.75 Å². The molecule has 0 aliphatic heterocycles. The van der Waals surface area contributed by atoms with Crippen LogP contribution >= 0.6 is 0 Å². The molecule has 0 aromatic heterocycles. The van der Waals surface area contributed by atoms with Crippen molar-refractivity contribution in [2.45, 2.75) is 19.3 Å². The van der Waals surface area contributed by atoms with Gasteiger partial charge in [-0.1, -0.05) is 18.2 Å². The topological polar surface area (TPSA) is 36.9 Å². The van der Waals surface area contributed by atoms with E-state index >= 15 is 0 Å². The molecule has 0 N–H and O–H groups in total. The lowest BCUT2D eigenvalue weighted by Crippen LogP contribution is -2.03. The molecule has 0 radical (unpaired) electrons. The van der Waals surface area contributed by atoms with Gasteiger partial charge < -0.3 is 18.9 Å². The number of benzene rings is 2. The van der Waals surface area contributed by atoms with E-state index in [-0.39, 0.29) is 0 Å². The van der Waals surface area contributed by atoms with Crippen molar-refractivity contribution >= 4 is 5.57 Å². The van der Waals surface area contributed by atoms with Crippen LogP contribution in [0.1, 0.15) is 29.5 Å². The quantitative estimate of drug-likeness (QED) is 0.804. The van der Waals surface area contributed by atoms with Crippen LogP contribution in [-0.2, 0) is 6.42 Å². The largest absolute Gasteiger partial charge is 0.497 e. The van der Waals surface area contributed by atoms with Gasteiger partial charge in [-0.3, -0.25) is 0 Å². The fourth-order valence-corrected chi connectivity index (χ4v) is 3.37. The number of allylic oxidation sites excluding steroid dienone is 1. The molecule has 0 bridgehead atoms. The van der Waals surface area contributed by atoms with Crippen LogP contribution in [0.3, 0.4) is 0 Å². The molecule has 2 aromatic rings. The molecule has 0 heterocycles. The van der Waals surface area contributed by atoms with E-state index in [1.54, 1.807) is 28.4 Å². The van der Waals surface area contributed by atoms with Crippen LogP contribution in [0.2, 0.25) is 0 Å². The number of hydrogen-bond donors (Lipinski definition) is 0. The number of aryl methyl sites for hydroxylation is 1. The summed E-state index contributed by atoms with van der Waals surface area (Å²) in [6, 6.07) is 10.2. The Hall–Kier alpha value is -2.62. The lowest BCUT2D eigenvalue weighted by atomic mass is 9.92. The molecular formula is C21H24O4. The number of rotatable bonds is 5. The Kier molecular flexibility index (Phi) is 5.17. The minimum atomic E-state index is 0.630. The second-order valence-corrected chi connectivity index (χ2v) is 5.92. The zero-order valence-corrected chi connectivity index (χ0v) is 15.2. The van der Waals surface area contributed by atoms with Crippen LogP contribution < -0.4 is 18.9 Å². The maximum absolute atomic E-state index is 5.76. The number of methoxy groups -OCH3 is 4. The molecule has 0 atom stereocenters. The molecule has 0 unspecified atom stereocenters. The molecule has 0 fully saturated rings. The summed E-state index contributed by atoms with van der Waals surface area (Å²) < 4.78 is 22.1. The highest BCUT2D eigenvalue weighted by Gasteiger charge is 2.24. The van der Waals surface area contributed by atoms with Crippen LogP contribution in [0.4, 0.5) is 0 Å². The van der Waals surface area contributed by atoms with Crippen molar-refractivity contribution in [3.63, 3.8) is 0 Å². The Morgan fingerprint density at radius 3 is 2.12 bits per heavy atom. The van der Waals surface area contributed by atoms with E-state index in [1.165, 1.54) is 5.56 Å². The highest BCUT2D eigenvalue weighted by Crippen LogP contribution is 2.47. The van der Waals surface area contributed by atoms with Gasteiger partial charge in [-0.25, -0.2) is 0 Å². The van der Waals surface area contributed by atoms with Crippen molar-refractivity contribution < 1.29 is 18.9 Å². The van der Waals surface area contributed by atoms with Gasteiger partial charge >= 0.3 is 0 Å². The summed E-state index contributed by atoms with van der Waals surface area (Å²) in [5.74, 6) is 2.90. The summed E-state index contributed by atoms with van der Waals surface area (Å²) in [5.41, 5.74) is 4.60. The Bertz CT molecular complexity index is 775. The number of fused-ring (bicyclic) bond motifs is 1. The van der Waals surface area contributed by atoms with Crippen LogP contribution in [0, 0.1) is 0 Å².